The van der Waals surface area contributed by atoms with E-state index in [-0.39, 0.29) is 11.5 Å². The van der Waals surface area contributed by atoms with Gasteiger partial charge in [0.05, 0.1) is 26.8 Å². The average molecular weight is 408 g/mol. The molecule has 0 saturated heterocycles. The number of amides is 1. The Bertz CT molecular complexity index is 1140. The maximum Gasteiger partial charge on any atom is 0.248 e. The number of aromatic nitrogens is 1. The number of carbonyl (C=O) groups is 1. The monoisotopic (exact) mass is 408 g/mol. The third kappa shape index (κ3) is 4.46. The number of aryl methyl sites for hydroxylation is 1. The van der Waals surface area contributed by atoms with Gasteiger partial charge in [0.25, 0.3) is 0 Å². The smallest absolute Gasteiger partial charge is 0.248 e. The van der Waals surface area contributed by atoms with Gasteiger partial charge in [-0.1, -0.05) is 13.0 Å². The van der Waals surface area contributed by atoms with Gasteiger partial charge in [-0.15, -0.1) is 0 Å². The van der Waals surface area contributed by atoms with Gasteiger partial charge in [-0.3, -0.25) is 9.59 Å². The molecule has 0 spiro atoms. The van der Waals surface area contributed by atoms with E-state index in [4.69, 9.17) is 14.2 Å². The molecule has 1 heterocycles. The Kier molecular flexibility index (Phi) is 6.41. The predicted octanol–water partition coefficient (Wildman–Crippen LogP) is 3.77. The van der Waals surface area contributed by atoms with Crippen molar-refractivity contribution >= 4 is 28.6 Å². The van der Waals surface area contributed by atoms with E-state index in [0.29, 0.717) is 28.5 Å². The minimum Gasteiger partial charge on any atom is -0.493 e. The third-order valence-corrected chi connectivity index (χ3v) is 4.69. The Balaban J connectivity index is 1.82. The fourth-order valence-electron chi connectivity index (χ4n) is 3.26. The molecule has 0 fully saturated rings. The molecular weight excluding hydrogens is 384 g/mol. The van der Waals surface area contributed by atoms with Gasteiger partial charge in [0.1, 0.15) is 0 Å². The van der Waals surface area contributed by atoms with Gasteiger partial charge in [0.2, 0.25) is 17.2 Å². The molecule has 0 saturated carbocycles. The van der Waals surface area contributed by atoms with Gasteiger partial charge < -0.3 is 24.5 Å². The second-order valence-electron chi connectivity index (χ2n) is 6.55. The second-order valence-corrected chi connectivity index (χ2v) is 6.55. The Morgan fingerprint density at radius 2 is 1.73 bits per heavy atom. The number of hydrogen-bond donors (Lipinski definition) is 2. The lowest BCUT2D eigenvalue weighted by atomic mass is 10.1. The number of H-pyrrole nitrogens is 1. The largest absolute Gasteiger partial charge is 0.493 e. The van der Waals surface area contributed by atoms with Crippen molar-refractivity contribution in [3.63, 3.8) is 0 Å². The van der Waals surface area contributed by atoms with E-state index in [0.717, 1.165) is 22.9 Å². The summed E-state index contributed by atoms with van der Waals surface area (Å²) in [4.78, 5) is 27.0. The summed E-state index contributed by atoms with van der Waals surface area (Å²) in [7, 11) is 4.60. The number of benzene rings is 2. The van der Waals surface area contributed by atoms with E-state index < -0.39 is 0 Å². The molecule has 7 nitrogen and oxygen atoms in total. The SMILES string of the molecule is CCc1cc(=O)[nH]c2cc(NC(=O)/C=C/c3cc(OC)c(OC)c(OC)c3)ccc12. The number of pyridine rings is 1. The van der Waals surface area contributed by atoms with Crippen LogP contribution in [0.3, 0.4) is 0 Å². The van der Waals surface area contributed by atoms with Gasteiger partial charge in [-0.05, 0) is 47.9 Å². The van der Waals surface area contributed by atoms with Crippen molar-refractivity contribution in [2.24, 2.45) is 0 Å². The van der Waals surface area contributed by atoms with Crippen LogP contribution in [0.5, 0.6) is 17.2 Å². The van der Waals surface area contributed by atoms with Crippen LogP contribution >= 0.6 is 0 Å². The van der Waals surface area contributed by atoms with Crippen LogP contribution in [-0.2, 0) is 11.2 Å². The molecule has 3 rings (SSSR count). The van der Waals surface area contributed by atoms with E-state index >= 15 is 0 Å². The van der Waals surface area contributed by atoms with Crippen molar-refractivity contribution in [3.8, 4) is 17.2 Å². The first kappa shape index (κ1) is 21.0. The van der Waals surface area contributed by atoms with Crippen LogP contribution in [0.4, 0.5) is 5.69 Å². The van der Waals surface area contributed by atoms with Crippen LogP contribution in [0.1, 0.15) is 18.1 Å². The van der Waals surface area contributed by atoms with Crippen LogP contribution < -0.4 is 25.1 Å². The number of nitrogens with one attached hydrogen (secondary N) is 2. The van der Waals surface area contributed by atoms with Crippen LogP contribution in [0.25, 0.3) is 17.0 Å². The fourth-order valence-corrected chi connectivity index (χ4v) is 3.26. The zero-order valence-corrected chi connectivity index (χ0v) is 17.4. The summed E-state index contributed by atoms with van der Waals surface area (Å²) in [6.45, 7) is 2.00. The summed E-state index contributed by atoms with van der Waals surface area (Å²) in [6, 6.07) is 10.5. The first-order chi connectivity index (χ1) is 14.5. The summed E-state index contributed by atoms with van der Waals surface area (Å²) in [5.74, 6) is 1.18. The highest BCUT2D eigenvalue weighted by molar-refractivity contribution is 6.03. The zero-order chi connectivity index (χ0) is 21.7. The molecule has 2 N–H and O–H groups in total. The number of aromatic amines is 1. The quantitative estimate of drug-likeness (QED) is 0.581. The Morgan fingerprint density at radius 3 is 2.33 bits per heavy atom. The Labute approximate surface area is 174 Å². The van der Waals surface area contributed by atoms with Gasteiger partial charge >= 0.3 is 0 Å². The molecule has 1 amide bonds. The number of methoxy groups -OCH3 is 3. The van der Waals surface area contributed by atoms with Crippen molar-refractivity contribution in [1.29, 1.82) is 0 Å². The minimum atomic E-state index is -0.308. The normalized spacial score (nSPS) is 10.9. The van der Waals surface area contributed by atoms with Crippen LogP contribution in [-0.4, -0.2) is 32.2 Å². The van der Waals surface area contributed by atoms with Crippen molar-refractivity contribution in [3.05, 3.63) is 64.0 Å². The fraction of sp³-hybridized carbons (Fsp3) is 0.217. The molecular formula is C23H24N2O5. The molecule has 0 aliphatic rings. The molecule has 0 radical (unpaired) electrons. The first-order valence-electron chi connectivity index (χ1n) is 9.44. The minimum absolute atomic E-state index is 0.162. The molecule has 1 aromatic heterocycles. The summed E-state index contributed by atoms with van der Waals surface area (Å²) in [6.07, 6.45) is 3.82. The number of rotatable bonds is 7. The highest BCUT2D eigenvalue weighted by Crippen LogP contribution is 2.38. The van der Waals surface area contributed by atoms with Crippen molar-refractivity contribution < 1.29 is 19.0 Å². The number of hydrogen-bond acceptors (Lipinski definition) is 5. The molecule has 3 aromatic rings. The number of ether oxygens (including phenoxy) is 3. The first-order valence-corrected chi connectivity index (χ1v) is 9.44. The molecule has 2 aromatic carbocycles. The molecule has 0 aliphatic carbocycles. The number of carbonyl (C=O) groups excluding carboxylic acids is 1. The zero-order valence-electron chi connectivity index (χ0n) is 17.4. The Morgan fingerprint density at radius 1 is 1.03 bits per heavy atom. The van der Waals surface area contributed by atoms with E-state index in [1.54, 1.807) is 30.3 Å². The molecule has 0 bridgehead atoms. The highest BCUT2D eigenvalue weighted by atomic mass is 16.5. The maximum absolute atomic E-state index is 12.4. The number of anilines is 1. The van der Waals surface area contributed by atoms with E-state index in [1.165, 1.54) is 27.4 Å². The van der Waals surface area contributed by atoms with Crippen LogP contribution in [0, 0.1) is 0 Å². The van der Waals surface area contributed by atoms with Gasteiger partial charge in [0.15, 0.2) is 11.5 Å². The Hall–Kier alpha value is -3.74. The number of fused-ring (bicyclic) bond motifs is 1. The van der Waals surface area contributed by atoms with Gasteiger partial charge in [0, 0.05) is 23.2 Å². The molecule has 7 heteroatoms. The lowest BCUT2D eigenvalue weighted by Gasteiger charge is -2.12. The lowest BCUT2D eigenvalue weighted by molar-refractivity contribution is -0.111. The molecule has 0 unspecified atom stereocenters. The average Bonchev–Trinajstić information content (AvgIpc) is 2.75. The maximum atomic E-state index is 12.4. The summed E-state index contributed by atoms with van der Waals surface area (Å²) in [5, 5.41) is 3.77. The summed E-state index contributed by atoms with van der Waals surface area (Å²) >= 11 is 0. The van der Waals surface area contributed by atoms with Crippen LogP contribution in [0.15, 0.2) is 47.3 Å². The van der Waals surface area contributed by atoms with E-state index in [9.17, 15) is 9.59 Å². The summed E-state index contributed by atoms with van der Waals surface area (Å²) < 4.78 is 15.9. The second kappa shape index (κ2) is 9.17. The van der Waals surface area contributed by atoms with Crippen LogP contribution in [0.2, 0.25) is 0 Å². The molecule has 0 aliphatic heterocycles. The van der Waals surface area contributed by atoms with Crippen molar-refractivity contribution in [2.45, 2.75) is 13.3 Å². The molecule has 30 heavy (non-hydrogen) atoms. The summed E-state index contributed by atoms with van der Waals surface area (Å²) in [5.41, 5.74) is 2.80. The molecule has 156 valence electrons. The van der Waals surface area contributed by atoms with E-state index in [1.807, 2.05) is 19.1 Å². The molecule has 0 atom stereocenters. The van der Waals surface area contributed by atoms with Gasteiger partial charge in [-0.2, -0.15) is 0 Å². The lowest BCUT2D eigenvalue weighted by Crippen LogP contribution is -2.09. The predicted molar refractivity (Wildman–Crippen MR) is 118 cm³/mol. The highest BCUT2D eigenvalue weighted by Gasteiger charge is 2.12. The van der Waals surface area contributed by atoms with Gasteiger partial charge in [-0.25, -0.2) is 0 Å². The van der Waals surface area contributed by atoms with Crippen molar-refractivity contribution in [1.82, 2.24) is 4.98 Å². The topological polar surface area (TPSA) is 89.7 Å². The standard InChI is InChI=1S/C23H24N2O5/c1-5-15-12-22(27)25-18-13-16(7-8-17(15)18)24-21(26)9-6-14-10-19(28-2)23(30-4)20(11-14)29-3/h6-13H,5H2,1-4H3,(H,24,26)(H,25,27)/b9-6+. The van der Waals surface area contributed by atoms with Crippen molar-refractivity contribution in [2.75, 3.05) is 26.6 Å². The van der Waals surface area contributed by atoms with E-state index in [2.05, 4.69) is 10.3 Å². The third-order valence-electron chi connectivity index (χ3n) is 4.69.